The highest BCUT2D eigenvalue weighted by molar-refractivity contribution is 6.30. The average molecular weight is 399 g/mol. The molecule has 0 saturated carbocycles. The van der Waals surface area contributed by atoms with E-state index < -0.39 is 17.6 Å². The summed E-state index contributed by atoms with van der Waals surface area (Å²) in [4.78, 5) is 25.4. The smallest absolute Gasteiger partial charge is 0.325 e. The Kier molecular flexibility index (Phi) is 6.49. The van der Waals surface area contributed by atoms with Gasteiger partial charge < -0.3 is 10.2 Å². The molecule has 0 spiro atoms. The van der Waals surface area contributed by atoms with Crippen LogP contribution in [0.25, 0.3) is 0 Å². The number of alkyl halides is 3. The van der Waals surface area contributed by atoms with Crippen LogP contribution >= 0.6 is 11.6 Å². The first-order chi connectivity index (χ1) is 12.6. The van der Waals surface area contributed by atoms with Crippen molar-refractivity contribution >= 4 is 34.8 Å². The summed E-state index contributed by atoms with van der Waals surface area (Å²) in [7, 11) is 0. The number of anilines is 2. The summed E-state index contributed by atoms with van der Waals surface area (Å²) in [5.74, 6) is -0.905. The fourth-order valence-electron chi connectivity index (χ4n) is 2.55. The lowest BCUT2D eigenvalue weighted by Crippen LogP contribution is -2.32. The van der Waals surface area contributed by atoms with Crippen LogP contribution in [-0.2, 0) is 15.8 Å². The molecule has 27 heavy (non-hydrogen) atoms. The van der Waals surface area contributed by atoms with Gasteiger partial charge in [-0.3, -0.25) is 9.59 Å². The number of amides is 2. The van der Waals surface area contributed by atoms with Gasteiger partial charge in [0.2, 0.25) is 11.8 Å². The third-order valence-corrected chi connectivity index (χ3v) is 4.05. The highest BCUT2D eigenvalue weighted by Gasteiger charge is 2.34. The number of hydrogen-bond acceptors (Lipinski definition) is 2. The monoisotopic (exact) mass is 398 g/mol. The first kappa shape index (κ1) is 20.8. The second-order valence-corrected chi connectivity index (χ2v) is 6.43. The summed E-state index contributed by atoms with van der Waals surface area (Å²) in [6, 6.07) is 10.3. The summed E-state index contributed by atoms with van der Waals surface area (Å²) >= 11 is 5.62. The minimum absolute atomic E-state index is 0.0412. The van der Waals surface area contributed by atoms with E-state index in [0.29, 0.717) is 5.69 Å². The number of nitrogens with one attached hydrogen (secondary N) is 1. The number of nitrogens with zero attached hydrogens (tertiary/aromatic N) is 1. The SMILES string of the molecule is CC(=O)N(CCC(=O)Nc1ccc(Cl)cc1C(F)(F)F)c1cccc(C)c1. The van der Waals surface area contributed by atoms with E-state index in [9.17, 15) is 22.8 Å². The van der Waals surface area contributed by atoms with E-state index in [0.717, 1.165) is 17.7 Å². The molecule has 0 unspecified atom stereocenters. The number of rotatable bonds is 5. The lowest BCUT2D eigenvalue weighted by Gasteiger charge is -2.21. The lowest BCUT2D eigenvalue weighted by molar-refractivity contribution is -0.137. The van der Waals surface area contributed by atoms with Crippen molar-refractivity contribution in [2.45, 2.75) is 26.4 Å². The van der Waals surface area contributed by atoms with Crippen LogP contribution in [-0.4, -0.2) is 18.4 Å². The zero-order chi connectivity index (χ0) is 20.2. The Morgan fingerprint density at radius 2 is 1.85 bits per heavy atom. The van der Waals surface area contributed by atoms with Crippen LogP contribution in [0.5, 0.6) is 0 Å². The van der Waals surface area contributed by atoms with Gasteiger partial charge in [-0.25, -0.2) is 0 Å². The van der Waals surface area contributed by atoms with Gasteiger partial charge in [-0.2, -0.15) is 13.2 Å². The number of hydrogen-bond donors (Lipinski definition) is 1. The van der Waals surface area contributed by atoms with Crippen molar-refractivity contribution in [2.24, 2.45) is 0 Å². The predicted molar refractivity (Wildman–Crippen MR) is 98.9 cm³/mol. The van der Waals surface area contributed by atoms with E-state index >= 15 is 0 Å². The van der Waals surface area contributed by atoms with Gasteiger partial charge in [0.15, 0.2) is 0 Å². The molecular weight excluding hydrogens is 381 g/mol. The lowest BCUT2D eigenvalue weighted by atomic mass is 10.1. The molecule has 2 rings (SSSR count). The summed E-state index contributed by atoms with van der Waals surface area (Å²) < 4.78 is 39.3. The zero-order valence-corrected chi connectivity index (χ0v) is 15.5. The van der Waals surface area contributed by atoms with Crippen molar-refractivity contribution in [3.63, 3.8) is 0 Å². The molecule has 2 aromatic rings. The van der Waals surface area contributed by atoms with E-state index in [1.54, 1.807) is 18.2 Å². The van der Waals surface area contributed by atoms with Crippen LogP contribution in [0, 0.1) is 6.92 Å². The topological polar surface area (TPSA) is 49.4 Å². The van der Waals surface area contributed by atoms with Crippen LogP contribution in [0.3, 0.4) is 0 Å². The molecule has 0 heterocycles. The van der Waals surface area contributed by atoms with Crippen molar-refractivity contribution in [1.29, 1.82) is 0 Å². The third kappa shape index (κ3) is 5.72. The molecular formula is C19H18ClF3N2O2. The molecule has 0 fully saturated rings. The van der Waals surface area contributed by atoms with Crippen LogP contribution in [0.2, 0.25) is 5.02 Å². The van der Waals surface area contributed by atoms with Crippen molar-refractivity contribution in [1.82, 2.24) is 0 Å². The van der Waals surface area contributed by atoms with Gasteiger partial charge >= 0.3 is 6.18 Å². The summed E-state index contributed by atoms with van der Waals surface area (Å²) in [5.41, 5.74) is 0.171. The fraction of sp³-hybridized carbons (Fsp3) is 0.263. The number of carbonyl (C=O) groups excluding carboxylic acids is 2. The highest BCUT2D eigenvalue weighted by atomic mass is 35.5. The molecule has 0 bridgehead atoms. The van der Waals surface area contributed by atoms with E-state index in [1.807, 2.05) is 13.0 Å². The molecule has 0 aliphatic carbocycles. The summed E-state index contributed by atoms with van der Waals surface area (Å²) in [5, 5.41) is 2.16. The van der Waals surface area contributed by atoms with E-state index in [-0.39, 0.29) is 29.6 Å². The van der Waals surface area contributed by atoms with Crippen molar-refractivity contribution in [3.8, 4) is 0 Å². The van der Waals surface area contributed by atoms with Crippen LogP contribution in [0.1, 0.15) is 24.5 Å². The molecule has 0 radical (unpaired) electrons. The van der Waals surface area contributed by atoms with E-state index in [1.165, 1.54) is 17.9 Å². The Morgan fingerprint density at radius 3 is 2.44 bits per heavy atom. The molecule has 0 aliphatic heterocycles. The molecule has 2 amide bonds. The third-order valence-electron chi connectivity index (χ3n) is 3.82. The van der Waals surface area contributed by atoms with Gasteiger partial charge in [0.05, 0.1) is 11.3 Å². The number of benzene rings is 2. The van der Waals surface area contributed by atoms with Crippen molar-refractivity contribution < 1.29 is 22.8 Å². The Balaban J connectivity index is 2.11. The average Bonchev–Trinajstić information content (AvgIpc) is 2.55. The first-order valence-corrected chi connectivity index (χ1v) is 8.47. The van der Waals surface area contributed by atoms with Crippen LogP contribution < -0.4 is 10.2 Å². The molecule has 8 heteroatoms. The molecule has 1 N–H and O–H groups in total. The molecule has 2 aromatic carbocycles. The second-order valence-electron chi connectivity index (χ2n) is 6.00. The summed E-state index contributed by atoms with van der Waals surface area (Å²) in [6.45, 7) is 3.27. The molecule has 0 atom stereocenters. The number of carbonyl (C=O) groups is 2. The minimum Gasteiger partial charge on any atom is -0.325 e. The van der Waals surface area contributed by atoms with Gasteiger partial charge in [0, 0.05) is 30.6 Å². The maximum atomic E-state index is 13.1. The van der Waals surface area contributed by atoms with Crippen molar-refractivity contribution in [2.75, 3.05) is 16.8 Å². The van der Waals surface area contributed by atoms with Gasteiger partial charge in [0.1, 0.15) is 0 Å². The normalized spacial score (nSPS) is 11.2. The number of halogens is 4. The Labute approximate surface area is 159 Å². The quantitative estimate of drug-likeness (QED) is 0.766. The minimum atomic E-state index is -4.65. The molecule has 0 aliphatic rings. The fourth-order valence-corrected chi connectivity index (χ4v) is 2.72. The largest absolute Gasteiger partial charge is 0.418 e. The van der Waals surface area contributed by atoms with Gasteiger partial charge in [0.25, 0.3) is 0 Å². The summed E-state index contributed by atoms with van der Waals surface area (Å²) in [6.07, 6.45) is -4.81. The van der Waals surface area contributed by atoms with E-state index in [4.69, 9.17) is 11.6 Å². The van der Waals surface area contributed by atoms with E-state index in [2.05, 4.69) is 5.32 Å². The Hall–Kier alpha value is -2.54. The van der Waals surface area contributed by atoms with Gasteiger partial charge in [-0.05, 0) is 42.8 Å². The second kappa shape index (κ2) is 8.43. The van der Waals surface area contributed by atoms with Crippen molar-refractivity contribution in [3.05, 3.63) is 58.6 Å². The van der Waals surface area contributed by atoms with Crippen LogP contribution in [0.4, 0.5) is 24.5 Å². The highest BCUT2D eigenvalue weighted by Crippen LogP contribution is 2.36. The molecule has 0 aromatic heterocycles. The molecule has 4 nitrogen and oxygen atoms in total. The Morgan fingerprint density at radius 1 is 1.15 bits per heavy atom. The molecule has 144 valence electrons. The molecule has 0 saturated heterocycles. The maximum Gasteiger partial charge on any atom is 0.418 e. The number of aryl methyl sites for hydroxylation is 1. The zero-order valence-electron chi connectivity index (χ0n) is 14.7. The predicted octanol–water partition coefficient (Wildman–Crippen LogP) is 5.05. The van der Waals surface area contributed by atoms with Gasteiger partial charge in [-0.1, -0.05) is 23.7 Å². The maximum absolute atomic E-state index is 13.1. The van der Waals surface area contributed by atoms with Crippen LogP contribution in [0.15, 0.2) is 42.5 Å². The van der Waals surface area contributed by atoms with Gasteiger partial charge in [-0.15, -0.1) is 0 Å². The Bertz CT molecular complexity index is 853. The standard InChI is InChI=1S/C19H18ClF3N2O2/c1-12-4-3-5-15(10-12)25(13(2)26)9-8-18(27)24-17-7-6-14(20)11-16(17)19(21,22)23/h3-7,10-11H,8-9H2,1-2H3,(H,24,27). The first-order valence-electron chi connectivity index (χ1n) is 8.09.